The van der Waals surface area contributed by atoms with Crippen molar-refractivity contribution < 1.29 is 14.6 Å². The molecule has 0 saturated carbocycles. The summed E-state index contributed by atoms with van der Waals surface area (Å²) in [6, 6.07) is 0. The van der Waals surface area contributed by atoms with Crippen molar-refractivity contribution in [2.24, 2.45) is 0 Å². The lowest BCUT2D eigenvalue weighted by molar-refractivity contribution is 0.0382. The van der Waals surface area contributed by atoms with Crippen molar-refractivity contribution in [1.82, 2.24) is 14.9 Å². The van der Waals surface area contributed by atoms with Gasteiger partial charge in [0.15, 0.2) is 0 Å². The number of hydrogen-bond donors (Lipinski definition) is 2. The molecule has 108 valence electrons. The van der Waals surface area contributed by atoms with E-state index in [1.165, 1.54) is 29.5 Å². The Kier molecular flexibility index (Phi) is 4.48. The van der Waals surface area contributed by atoms with E-state index in [4.69, 9.17) is 10.5 Å². The zero-order chi connectivity index (χ0) is 14.7. The lowest BCUT2D eigenvalue weighted by Gasteiger charge is -2.20. The zero-order valence-electron chi connectivity index (χ0n) is 11.2. The molecule has 1 atom stereocenters. The lowest BCUT2D eigenvalue weighted by atomic mass is 10.3. The number of thiophene rings is 1. The Balaban J connectivity index is 2.20. The average molecular weight is 296 g/mol. The molecule has 7 nitrogen and oxygen atoms in total. The minimum absolute atomic E-state index is 0.168. The van der Waals surface area contributed by atoms with Crippen molar-refractivity contribution in [2.45, 2.75) is 6.10 Å². The van der Waals surface area contributed by atoms with E-state index in [9.17, 15) is 9.90 Å². The highest BCUT2D eigenvalue weighted by Gasteiger charge is 2.22. The number of hydrogen-bond acceptors (Lipinski definition) is 7. The van der Waals surface area contributed by atoms with E-state index in [2.05, 4.69) is 9.97 Å². The van der Waals surface area contributed by atoms with E-state index in [0.717, 1.165) is 0 Å². The van der Waals surface area contributed by atoms with Gasteiger partial charge in [0.2, 0.25) is 0 Å². The molecule has 0 saturated heterocycles. The standard InChI is InChI=1S/C12H16N4O3S/c1-16(5-7(17)6-19-2)12(18)10-8(13)9-11(20-10)15-4-3-14-9/h3-4,7,17H,5-6,13H2,1-2H3. The van der Waals surface area contributed by atoms with Crippen molar-refractivity contribution in [3.05, 3.63) is 17.3 Å². The summed E-state index contributed by atoms with van der Waals surface area (Å²) in [6.07, 6.45) is 2.35. The van der Waals surface area contributed by atoms with Gasteiger partial charge in [0.25, 0.3) is 5.91 Å². The van der Waals surface area contributed by atoms with Gasteiger partial charge in [0.05, 0.1) is 18.4 Å². The second-order valence-corrected chi connectivity index (χ2v) is 5.35. The van der Waals surface area contributed by atoms with Gasteiger partial charge < -0.3 is 20.5 Å². The molecule has 0 radical (unpaired) electrons. The van der Waals surface area contributed by atoms with Crippen molar-refractivity contribution in [3.8, 4) is 0 Å². The number of methoxy groups -OCH3 is 1. The van der Waals surface area contributed by atoms with Crippen molar-refractivity contribution in [3.63, 3.8) is 0 Å². The number of aliphatic hydroxyl groups excluding tert-OH is 1. The van der Waals surface area contributed by atoms with Crippen LogP contribution in [-0.2, 0) is 4.74 Å². The number of carbonyl (C=O) groups excluding carboxylic acids is 1. The van der Waals surface area contributed by atoms with Crippen LogP contribution in [0.1, 0.15) is 9.67 Å². The molecule has 0 aliphatic heterocycles. The minimum Gasteiger partial charge on any atom is -0.396 e. The molecule has 20 heavy (non-hydrogen) atoms. The molecule has 0 aliphatic rings. The Hall–Kier alpha value is -1.77. The summed E-state index contributed by atoms with van der Waals surface area (Å²) in [4.78, 5) is 23.0. The third kappa shape index (κ3) is 2.87. The monoisotopic (exact) mass is 296 g/mol. The molecule has 0 bridgehead atoms. The number of carbonyl (C=O) groups is 1. The molecule has 0 fully saturated rings. The third-order valence-electron chi connectivity index (χ3n) is 2.75. The number of nitrogen functional groups attached to an aromatic ring is 1. The van der Waals surface area contributed by atoms with Crippen LogP contribution in [0.2, 0.25) is 0 Å². The fraction of sp³-hybridized carbons (Fsp3) is 0.417. The second kappa shape index (κ2) is 6.12. The van der Waals surface area contributed by atoms with Crippen LogP contribution in [0, 0.1) is 0 Å². The van der Waals surface area contributed by atoms with E-state index < -0.39 is 6.10 Å². The van der Waals surface area contributed by atoms with Gasteiger partial charge in [-0.25, -0.2) is 9.97 Å². The van der Waals surface area contributed by atoms with Crippen LogP contribution >= 0.6 is 11.3 Å². The largest absolute Gasteiger partial charge is 0.396 e. The van der Waals surface area contributed by atoms with Gasteiger partial charge in [-0.3, -0.25) is 4.79 Å². The molecule has 8 heteroatoms. The number of nitrogens with two attached hydrogens (primary N) is 1. The summed E-state index contributed by atoms with van der Waals surface area (Å²) in [5.41, 5.74) is 6.80. The van der Waals surface area contributed by atoms with Gasteiger partial charge in [-0.15, -0.1) is 11.3 Å². The SMILES string of the molecule is COCC(O)CN(C)C(=O)c1sc2nccnc2c1N. The van der Waals surface area contributed by atoms with Gasteiger partial charge in [0.1, 0.15) is 15.2 Å². The van der Waals surface area contributed by atoms with Crippen LogP contribution in [0.15, 0.2) is 12.4 Å². The van der Waals surface area contributed by atoms with E-state index in [1.807, 2.05) is 0 Å². The van der Waals surface area contributed by atoms with Gasteiger partial charge >= 0.3 is 0 Å². The number of rotatable bonds is 5. The summed E-state index contributed by atoms with van der Waals surface area (Å²) in [5, 5.41) is 9.65. The third-order valence-corrected chi connectivity index (χ3v) is 3.84. The molecule has 0 aromatic carbocycles. The molecular weight excluding hydrogens is 280 g/mol. The first kappa shape index (κ1) is 14.6. The Morgan fingerprint density at radius 1 is 1.55 bits per heavy atom. The van der Waals surface area contributed by atoms with Crippen LogP contribution in [0.5, 0.6) is 0 Å². The number of amides is 1. The first-order valence-corrected chi connectivity index (χ1v) is 6.77. The summed E-state index contributed by atoms with van der Waals surface area (Å²) in [7, 11) is 3.10. The maximum absolute atomic E-state index is 12.3. The number of aromatic nitrogens is 2. The molecule has 2 aromatic heterocycles. The van der Waals surface area contributed by atoms with Gasteiger partial charge in [-0.2, -0.15) is 0 Å². The number of aliphatic hydroxyl groups is 1. The predicted octanol–water partition coefficient (Wildman–Crippen LogP) is 0.353. The fourth-order valence-electron chi connectivity index (χ4n) is 1.82. The normalized spacial score (nSPS) is 12.6. The second-order valence-electron chi connectivity index (χ2n) is 4.35. The van der Waals surface area contributed by atoms with E-state index >= 15 is 0 Å². The van der Waals surface area contributed by atoms with Crippen molar-refractivity contribution in [2.75, 3.05) is 33.0 Å². The first-order valence-electron chi connectivity index (χ1n) is 5.96. The number of nitrogens with zero attached hydrogens (tertiary/aromatic N) is 3. The summed E-state index contributed by atoms with van der Waals surface area (Å²) >= 11 is 1.20. The molecule has 1 unspecified atom stereocenters. The maximum atomic E-state index is 12.3. The van der Waals surface area contributed by atoms with E-state index in [0.29, 0.717) is 20.9 Å². The van der Waals surface area contributed by atoms with Crippen LogP contribution in [0.4, 0.5) is 5.69 Å². The molecule has 1 amide bonds. The molecule has 0 aliphatic carbocycles. The Morgan fingerprint density at radius 2 is 2.25 bits per heavy atom. The van der Waals surface area contributed by atoms with Gasteiger partial charge in [-0.05, 0) is 0 Å². The van der Waals surface area contributed by atoms with Crippen molar-refractivity contribution >= 4 is 33.3 Å². The smallest absolute Gasteiger partial charge is 0.266 e. The number of likely N-dealkylation sites (N-methyl/N-ethyl adjacent to an activating group) is 1. The van der Waals surface area contributed by atoms with E-state index in [-0.39, 0.29) is 19.1 Å². The first-order chi connectivity index (χ1) is 9.54. The summed E-state index contributed by atoms with van der Waals surface area (Å²) < 4.78 is 4.83. The average Bonchev–Trinajstić information content (AvgIpc) is 2.76. The van der Waals surface area contributed by atoms with Crippen molar-refractivity contribution in [1.29, 1.82) is 0 Å². The highest BCUT2D eigenvalue weighted by molar-refractivity contribution is 7.21. The molecular formula is C12H16N4O3S. The Labute approximate surface area is 120 Å². The zero-order valence-corrected chi connectivity index (χ0v) is 12.1. The fourth-order valence-corrected chi connectivity index (χ4v) is 2.84. The minimum atomic E-state index is -0.735. The van der Waals surface area contributed by atoms with Crippen LogP contribution < -0.4 is 5.73 Å². The quantitative estimate of drug-likeness (QED) is 0.825. The highest BCUT2D eigenvalue weighted by Crippen LogP contribution is 2.31. The number of anilines is 1. The maximum Gasteiger partial charge on any atom is 0.266 e. The molecule has 3 N–H and O–H groups in total. The number of fused-ring (bicyclic) bond motifs is 1. The topological polar surface area (TPSA) is 102 Å². The van der Waals surface area contributed by atoms with Crippen LogP contribution in [0.25, 0.3) is 10.3 Å². The Morgan fingerprint density at radius 3 is 2.90 bits per heavy atom. The molecule has 0 spiro atoms. The van der Waals surface area contributed by atoms with Crippen LogP contribution in [0.3, 0.4) is 0 Å². The Bertz CT molecular complexity index is 616. The van der Waals surface area contributed by atoms with Crippen LogP contribution in [-0.4, -0.2) is 59.3 Å². The van der Waals surface area contributed by atoms with Gasteiger partial charge in [0, 0.05) is 33.1 Å². The summed E-state index contributed by atoms with van der Waals surface area (Å²) in [5.74, 6) is -0.262. The van der Waals surface area contributed by atoms with Gasteiger partial charge in [-0.1, -0.05) is 0 Å². The molecule has 2 rings (SSSR count). The van der Waals surface area contributed by atoms with E-state index in [1.54, 1.807) is 13.2 Å². The molecule has 2 aromatic rings. The highest BCUT2D eigenvalue weighted by atomic mass is 32.1. The predicted molar refractivity (Wildman–Crippen MR) is 76.7 cm³/mol. The molecule has 2 heterocycles. The lowest BCUT2D eigenvalue weighted by Crippen LogP contribution is -2.36. The number of ether oxygens (including phenoxy) is 1. The summed E-state index contributed by atoms with van der Waals surface area (Å²) in [6.45, 7) is 0.337.